The highest BCUT2D eigenvalue weighted by Crippen LogP contribution is 2.32. The van der Waals surface area contributed by atoms with Gasteiger partial charge in [0.1, 0.15) is 18.1 Å². The summed E-state index contributed by atoms with van der Waals surface area (Å²) in [6.45, 7) is 2.01. The van der Waals surface area contributed by atoms with Crippen LogP contribution in [0, 0.1) is 5.82 Å². The Morgan fingerprint density at radius 2 is 2.03 bits per heavy atom. The molecule has 0 unspecified atom stereocenters. The first kappa shape index (κ1) is 21.1. The van der Waals surface area contributed by atoms with E-state index >= 15 is 0 Å². The van der Waals surface area contributed by atoms with E-state index in [4.69, 9.17) is 24.7 Å². The summed E-state index contributed by atoms with van der Waals surface area (Å²) >= 11 is 0. The van der Waals surface area contributed by atoms with Crippen molar-refractivity contribution in [2.24, 2.45) is 12.8 Å². The van der Waals surface area contributed by atoms with Crippen LogP contribution in [-0.2, 0) is 16.5 Å². The molecule has 164 valence electrons. The van der Waals surface area contributed by atoms with E-state index in [9.17, 15) is 9.18 Å². The van der Waals surface area contributed by atoms with Crippen molar-refractivity contribution in [3.8, 4) is 17.2 Å². The Morgan fingerprint density at radius 1 is 1.23 bits per heavy atom. The van der Waals surface area contributed by atoms with Gasteiger partial charge in [-0.3, -0.25) is 9.48 Å². The first-order chi connectivity index (χ1) is 15.0. The zero-order chi connectivity index (χ0) is 21.8. The number of benzene rings is 2. The molecule has 0 spiro atoms. The Bertz CT molecular complexity index is 1080. The minimum atomic E-state index is -0.647. The van der Waals surface area contributed by atoms with Crippen LogP contribution in [0.2, 0.25) is 0 Å². The Balaban J connectivity index is 1.41. The molecular weight excluding hydrogens is 405 g/mol. The highest BCUT2D eigenvalue weighted by atomic mass is 19.1. The number of nitrogens with zero attached hydrogens (tertiary/aromatic N) is 2. The molecule has 1 aromatic heterocycles. The molecule has 0 radical (unpaired) electrons. The molecule has 1 amide bonds. The second kappa shape index (κ2) is 9.32. The normalized spacial score (nSPS) is 14.6. The Labute approximate surface area is 178 Å². The standard InChI is InChI=1S/C22H24FN3O5/c1-26-19-12-21(17(22(24)27)10-14(19)13-25-26)31-16-2-3-20(18(23)11-16)30-9-8-29-15-4-6-28-7-5-15/h2-3,10-13,15H,4-9H2,1H3,(H2,24,27). The molecule has 4 rings (SSSR count). The predicted octanol–water partition coefficient (Wildman–Crippen LogP) is 3.18. The van der Waals surface area contributed by atoms with Gasteiger partial charge in [-0.15, -0.1) is 0 Å². The van der Waals surface area contributed by atoms with Crippen molar-refractivity contribution in [2.75, 3.05) is 26.4 Å². The van der Waals surface area contributed by atoms with Gasteiger partial charge in [0.2, 0.25) is 0 Å². The maximum atomic E-state index is 14.5. The van der Waals surface area contributed by atoms with E-state index in [1.165, 1.54) is 12.1 Å². The summed E-state index contributed by atoms with van der Waals surface area (Å²) < 4.78 is 38.4. The monoisotopic (exact) mass is 429 g/mol. The van der Waals surface area contributed by atoms with Crippen LogP contribution in [0.1, 0.15) is 23.2 Å². The van der Waals surface area contributed by atoms with Gasteiger partial charge >= 0.3 is 0 Å². The molecule has 3 aromatic rings. The van der Waals surface area contributed by atoms with E-state index in [0.717, 1.165) is 23.7 Å². The summed E-state index contributed by atoms with van der Waals surface area (Å²) in [6.07, 6.45) is 3.51. The second-order valence-corrected chi connectivity index (χ2v) is 7.26. The fraction of sp³-hybridized carbons (Fsp3) is 0.364. The number of nitrogens with two attached hydrogens (primary N) is 1. The van der Waals surface area contributed by atoms with Crippen molar-refractivity contribution >= 4 is 16.8 Å². The van der Waals surface area contributed by atoms with Gasteiger partial charge in [-0.25, -0.2) is 4.39 Å². The van der Waals surface area contributed by atoms with Gasteiger partial charge in [-0.1, -0.05) is 0 Å². The summed E-state index contributed by atoms with van der Waals surface area (Å²) in [6, 6.07) is 7.50. The quantitative estimate of drug-likeness (QED) is 0.553. The van der Waals surface area contributed by atoms with Crippen molar-refractivity contribution in [1.82, 2.24) is 9.78 Å². The average molecular weight is 429 g/mol. The molecule has 0 bridgehead atoms. The predicted molar refractivity (Wildman–Crippen MR) is 111 cm³/mol. The van der Waals surface area contributed by atoms with Gasteiger partial charge in [-0.05, 0) is 31.0 Å². The van der Waals surface area contributed by atoms with Crippen LogP contribution in [0.4, 0.5) is 4.39 Å². The Morgan fingerprint density at radius 3 is 2.77 bits per heavy atom. The fourth-order valence-electron chi connectivity index (χ4n) is 3.46. The summed E-state index contributed by atoms with van der Waals surface area (Å²) in [4.78, 5) is 11.8. The van der Waals surface area contributed by atoms with E-state index in [1.807, 2.05) is 0 Å². The Kier molecular flexibility index (Phi) is 6.34. The number of hydrogen-bond donors (Lipinski definition) is 1. The van der Waals surface area contributed by atoms with Crippen molar-refractivity contribution < 1.29 is 28.1 Å². The number of carbonyl (C=O) groups excluding carboxylic acids is 1. The summed E-state index contributed by atoms with van der Waals surface area (Å²) in [5.41, 5.74) is 6.42. The lowest BCUT2D eigenvalue weighted by Gasteiger charge is -2.22. The number of ether oxygens (including phenoxy) is 4. The third kappa shape index (κ3) is 4.95. The fourth-order valence-corrected chi connectivity index (χ4v) is 3.46. The number of primary amides is 1. The van der Waals surface area contributed by atoms with E-state index in [2.05, 4.69) is 5.10 Å². The topological polar surface area (TPSA) is 97.8 Å². The molecule has 31 heavy (non-hydrogen) atoms. The van der Waals surface area contributed by atoms with Gasteiger partial charge < -0.3 is 24.7 Å². The first-order valence-corrected chi connectivity index (χ1v) is 10.1. The molecule has 2 heterocycles. The lowest BCUT2D eigenvalue weighted by atomic mass is 10.1. The van der Waals surface area contributed by atoms with E-state index in [0.29, 0.717) is 19.8 Å². The van der Waals surface area contributed by atoms with Crippen LogP contribution in [0.5, 0.6) is 17.2 Å². The largest absolute Gasteiger partial charge is 0.488 e. The van der Waals surface area contributed by atoms with Crippen molar-refractivity contribution in [3.63, 3.8) is 0 Å². The second-order valence-electron chi connectivity index (χ2n) is 7.26. The van der Waals surface area contributed by atoms with E-state index in [-0.39, 0.29) is 35.5 Å². The van der Waals surface area contributed by atoms with Crippen molar-refractivity contribution in [2.45, 2.75) is 18.9 Å². The number of carbonyl (C=O) groups is 1. The number of aromatic nitrogens is 2. The zero-order valence-corrected chi connectivity index (χ0v) is 17.2. The molecule has 0 saturated carbocycles. The molecule has 2 N–H and O–H groups in total. The molecule has 9 heteroatoms. The molecule has 2 aromatic carbocycles. The van der Waals surface area contributed by atoms with Crippen LogP contribution in [-0.4, -0.2) is 48.2 Å². The van der Waals surface area contributed by atoms with E-state index in [1.54, 1.807) is 36.1 Å². The molecule has 1 aliphatic rings. The number of amides is 1. The Hall–Kier alpha value is -3.17. The average Bonchev–Trinajstić information content (AvgIpc) is 3.12. The van der Waals surface area contributed by atoms with Crippen LogP contribution < -0.4 is 15.2 Å². The minimum absolute atomic E-state index is 0.0974. The zero-order valence-electron chi connectivity index (χ0n) is 17.2. The first-order valence-electron chi connectivity index (χ1n) is 10.1. The summed E-state index contributed by atoms with van der Waals surface area (Å²) in [7, 11) is 1.77. The van der Waals surface area contributed by atoms with Crippen LogP contribution in [0.15, 0.2) is 36.5 Å². The smallest absolute Gasteiger partial charge is 0.252 e. The third-order valence-corrected chi connectivity index (χ3v) is 5.11. The van der Waals surface area contributed by atoms with Gasteiger partial charge in [0.25, 0.3) is 5.91 Å². The van der Waals surface area contributed by atoms with Crippen molar-refractivity contribution in [3.05, 3.63) is 47.9 Å². The molecule has 8 nitrogen and oxygen atoms in total. The van der Waals surface area contributed by atoms with Gasteiger partial charge in [0.05, 0.1) is 30.0 Å². The summed E-state index contributed by atoms with van der Waals surface area (Å²) in [5.74, 6) is -0.689. The van der Waals surface area contributed by atoms with Gasteiger partial charge in [-0.2, -0.15) is 5.10 Å². The third-order valence-electron chi connectivity index (χ3n) is 5.11. The van der Waals surface area contributed by atoms with Gasteiger partial charge in [0.15, 0.2) is 11.6 Å². The molecular formula is C22H24FN3O5. The highest BCUT2D eigenvalue weighted by Gasteiger charge is 2.16. The lowest BCUT2D eigenvalue weighted by molar-refractivity contribution is -0.0390. The summed E-state index contributed by atoms with van der Waals surface area (Å²) in [5, 5.41) is 4.90. The maximum Gasteiger partial charge on any atom is 0.252 e. The molecule has 1 fully saturated rings. The molecule has 1 saturated heterocycles. The molecule has 0 atom stereocenters. The molecule has 0 aliphatic carbocycles. The van der Waals surface area contributed by atoms with E-state index < -0.39 is 11.7 Å². The highest BCUT2D eigenvalue weighted by molar-refractivity contribution is 6.00. The number of rotatable bonds is 8. The number of halogens is 1. The van der Waals surface area contributed by atoms with Gasteiger partial charge in [0, 0.05) is 37.8 Å². The number of hydrogen-bond acceptors (Lipinski definition) is 6. The van der Waals surface area contributed by atoms with Crippen LogP contribution in [0.3, 0.4) is 0 Å². The lowest BCUT2D eigenvalue weighted by Crippen LogP contribution is -2.25. The minimum Gasteiger partial charge on any atom is -0.488 e. The van der Waals surface area contributed by atoms with Crippen molar-refractivity contribution in [1.29, 1.82) is 0 Å². The van der Waals surface area contributed by atoms with Crippen LogP contribution in [0.25, 0.3) is 10.9 Å². The maximum absolute atomic E-state index is 14.5. The number of aryl methyl sites for hydroxylation is 1. The SMILES string of the molecule is Cn1ncc2cc(C(N)=O)c(Oc3ccc(OCCOC4CCOCC4)c(F)c3)cc21. The van der Waals surface area contributed by atoms with Crippen LogP contribution >= 0.6 is 0 Å². The molecule has 1 aliphatic heterocycles. The number of fused-ring (bicyclic) bond motifs is 1.